The molecule has 100 valence electrons. The Balaban J connectivity index is 3.19. The smallest absolute Gasteiger partial charge is 0.358 e. The summed E-state index contributed by atoms with van der Waals surface area (Å²) in [6, 6.07) is 0. The molecule has 19 heavy (non-hydrogen) atoms. The molecule has 11 nitrogen and oxygen atoms in total. The van der Waals surface area contributed by atoms with E-state index < -0.39 is 38.1 Å². The van der Waals surface area contributed by atoms with E-state index in [0.29, 0.717) is 4.57 Å². The van der Waals surface area contributed by atoms with Crippen molar-refractivity contribution in [3.63, 3.8) is 0 Å². The molecule has 0 bridgehead atoms. The molecule has 0 aliphatic heterocycles. The van der Waals surface area contributed by atoms with Gasteiger partial charge in [-0.1, -0.05) is 0 Å². The molecule has 2 aromatic rings. The van der Waals surface area contributed by atoms with Crippen molar-refractivity contribution in [2.75, 3.05) is 0 Å². The number of nitrogens with zero attached hydrogens (tertiary/aromatic N) is 4. The highest BCUT2D eigenvalue weighted by Gasteiger charge is 2.35. The van der Waals surface area contributed by atoms with E-state index in [2.05, 4.69) is 4.98 Å². The van der Waals surface area contributed by atoms with Crippen LogP contribution in [-0.4, -0.2) is 24.0 Å². The van der Waals surface area contributed by atoms with E-state index in [9.17, 15) is 29.8 Å². The predicted molar refractivity (Wildman–Crippen MR) is 62.1 cm³/mol. The summed E-state index contributed by atoms with van der Waals surface area (Å²) >= 11 is 0. The van der Waals surface area contributed by atoms with Gasteiger partial charge in [0.15, 0.2) is 5.52 Å². The number of aromatic amines is 1. The lowest BCUT2D eigenvalue weighted by molar-refractivity contribution is -0.423. The molecule has 0 unspecified atom stereocenters. The number of nitrogens with one attached hydrogen (secondary N) is 1. The Morgan fingerprint density at radius 3 is 2.11 bits per heavy atom. The van der Waals surface area contributed by atoms with Crippen LogP contribution in [0.3, 0.4) is 0 Å². The Morgan fingerprint density at radius 2 is 1.63 bits per heavy atom. The number of aromatic nitrogens is 3. The van der Waals surface area contributed by atoms with Crippen LogP contribution in [0.1, 0.15) is 0 Å². The minimum absolute atomic E-state index is 0.358. The van der Waals surface area contributed by atoms with Crippen LogP contribution >= 0.6 is 0 Å². The van der Waals surface area contributed by atoms with E-state index in [1.165, 1.54) is 14.1 Å². The molecule has 0 atom stereocenters. The highest BCUT2D eigenvalue weighted by molar-refractivity contribution is 5.90. The maximum atomic E-state index is 11.8. The summed E-state index contributed by atoms with van der Waals surface area (Å²) in [4.78, 5) is 45.2. The molecule has 2 heterocycles. The van der Waals surface area contributed by atoms with Crippen LogP contribution in [0.2, 0.25) is 0 Å². The van der Waals surface area contributed by atoms with Crippen LogP contribution in [0, 0.1) is 20.2 Å². The molecule has 0 aromatic carbocycles. The molecule has 0 saturated carbocycles. The molecule has 2 aromatic heterocycles. The van der Waals surface area contributed by atoms with E-state index >= 15 is 0 Å². The summed E-state index contributed by atoms with van der Waals surface area (Å²) in [6.45, 7) is 0. The van der Waals surface area contributed by atoms with Gasteiger partial charge in [0.25, 0.3) is 0 Å². The van der Waals surface area contributed by atoms with Gasteiger partial charge < -0.3 is 10.1 Å². The van der Waals surface area contributed by atoms with Crippen molar-refractivity contribution in [3.05, 3.63) is 41.1 Å². The number of nitro groups is 2. The van der Waals surface area contributed by atoms with E-state index in [1.807, 2.05) is 0 Å². The third kappa shape index (κ3) is 1.51. The van der Waals surface area contributed by atoms with Crippen molar-refractivity contribution in [2.45, 2.75) is 0 Å². The molecule has 0 fully saturated rings. The van der Waals surface area contributed by atoms with Crippen molar-refractivity contribution >= 4 is 22.5 Å². The highest BCUT2D eigenvalue weighted by atomic mass is 16.6. The fourth-order valence-electron chi connectivity index (χ4n) is 1.83. The van der Waals surface area contributed by atoms with Crippen LogP contribution < -0.4 is 11.2 Å². The molecule has 0 aliphatic rings. The van der Waals surface area contributed by atoms with Gasteiger partial charge >= 0.3 is 22.8 Å². The van der Waals surface area contributed by atoms with Crippen molar-refractivity contribution in [1.29, 1.82) is 0 Å². The normalized spacial score (nSPS) is 10.8. The number of fused-ring (bicyclic) bond motifs is 1. The Bertz CT molecular complexity index is 840. The first-order valence-corrected chi connectivity index (χ1v) is 4.87. The second-order valence-corrected chi connectivity index (χ2v) is 3.77. The van der Waals surface area contributed by atoms with E-state index in [4.69, 9.17) is 0 Å². The predicted octanol–water partition coefficient (Wildman–Crippen LogP) is -0.618. The summed E-state index contributed by atoms with van der Waals surface area (Å²) in [6.07, 6.45) is 0. The Morgan fingerprint density at radius 1 is 1.05 bits per heavy atom. The molecule has 0 aliphatic carbocycles. The minimum atomic E-state index is -1.01. The molecular formula is C8H7N5O6. The minimum Gasteiger partial charge on any atom is -0.358 e. The topological polar surface area (TPSA) is 146 Å². The lowest BCUT2D eigenvalue weighted by Crippen LogP contribution is -2.36. The Labute approximate surface area is 103 Å². The summed E-state index contributed by atoms with van der Waals surface area (Å²) in [5.41, 5.74) is -3.34. The zero-order valence-corrected chi connectivity index (χ0v) is 9.74. The maximum Gasteiger partial charge on any atom is 0.402 e. The van der Waals surface area contributed by atoms with Crippen LogP contribution in [0.15, 0.2) is 9.59 Å². The average Bonchev–Trinajstić information content (AvgIpc) is 2.74. The highest BCUT2D eigenvalue weighted by Crippen LogP contribution is 2.32. The SMILES string of the molecule is Cn1c(=O)c2[nH]c([N+](=O)[O-])c([N+](=O)[O-])c2n(C)c1=O. The Kier molecular flexibility index (Phi) is 2.47. The zero-order valence-electron chi connectivity index (χ0n) is 9.74. The quantitative estimate of drug-likeness (QED) is 0.567. The zero-order chi connectivity index (χ0) is 14.5. The van der Waals surface area contributed by atoms with Crippen LogP contribution in [0.4, 0.5) is 11.5 Å². The second-order valence-electron chi connectivity index (χ2n) is 3.77. The van der Waals surface area contributed by atoms with Gasteiger partial charge in [0, 0.05) is 14.1 Å². The van der Waals surface area contributed by atoms with Crippen molar-refractivity contribution < 1.29 is 9.85 Å². The van der Waals surface area contributed by atoms with Crippen molar-refractivity contribution in [1.82, 2.24) is 14.1 Å². The lowest BCUT2D eigenvalue weighted by atomic mass is 10.4. The van der Waals surface area contributed by atoms with Crippen LogP contribution in [0.25, 0.3) is 11.0 Å². The average molecular weight is 269 g/mol. The molecular weight excluding hydrogens is 262 g/mol. The second kappa shape index (κ2) is 3.76. The first kappa shape index (κ1) is 12.5. The van der Waals surface area contributed by atoms with E-state index in [1.54, 1.807) is 0 Å². The summed E-state index contributed by atoms with van der Waals surface area (Å²) < 4.78 is 1.52. The van der Waals surface area contributed by atoms with Crippen molar-refractivity contribution in [3.8, 4) is 0 Å². The van der Waals surface area contributed by atoms with Crippen LogP contribution in [0.5, 0.6) is 0 Å². The maximum absolute atomic E-state index is 11.8. The van der Waals surface area contributed by atoms with E-state index in [-0.39, 0.29) is 5.52 Å². The van der Waals surface area contributed by atoms with Gasteiger partial charge in [0.2, 0.25) is 5.52 Å². The summed E-state index contributed by atoms with van der Waals surface area (Å²) in [7, 11) is 2.36. The fourth-order valence-corrected chi connectivity index (χ4v) is 1.83. The Hall–Kier alpha value is -2.98. The largest absolute Gasteiger partial charge is 0.402 e. The summed E-state index contributed by atoms with van der Waals surface area (Å²) in [5, 5.41) is 21.7. The molecule has 0 radical (unpaired) electrons. The molecule has 11 heteroatoms. The van der Waals surface area contributed by atoms with Gasteiger partial charge in [-0.2, -0.15) is 0 Å². The van der Waals surface area contributed by atoms with Gasteiger partial charge in [0.05, 0.1) is 4.92 Å². The number of hydrogen-bond donors (Lipinski definition) is 1. The monoisotopic (exact) mass is 269 g/mol. The standard InChI is InChI=1S/C8H7N5O6/c1-10-4-3(7(14)11(2)8(10)15)9-6(13(18)19)5(4)12(16)17/h9H,1-2H3. The molecule has 2 rings (SSSR count). The van der Waals surface area contributed by atoms with Gasteiger partial charge in [-0.25, -0.2) is 9.78 Å². The van der Waals surface area contributed by atoms with Gasteiger partial charge in [-0.15, -0.1) is 0 Å². The number of rotatable bonds is 2. The van der Waals surface area contributed by atoms with Gasteiger partial charge in [-0.3, -0.25) is 24.0 Å². The number of H-pyrrole nitrogens is 1. The van der Waals surface area contributed by atoms with Gasteiger partial charge in [0.1, 0.15) is 0 Å². The van der Waals surface area contributed by atoms with Gasteiger partial charge in [-0.05, 0) is 4.92 Å². The molecule has 1 N–H and O–H groups in total. The third-order valence-corrected chi connectivity index (χ3v) is 2.72. The first-order chi connectivity index (χ1) is 8.77. The lowest BCUT2D eigenvalue weighted by Gasteiger charge is -2.00. The molecule has 0 saturated heterocycles. The molecule has 0 amide bonds. The summed E-state index contributed by atoms with van der Waals surface area (Å²) in [5.74, 6) is -0.932. The molecule has 0 spiro atoms. The number of hydrogen-bond acceptors (Lipinski definition) is 6. The van der Waals surface area contributed by atoms with Crippen molar-refractivity contribution in [2.24, 2.45) is 14.1 Å². The third-order valence-electron chi connectivity index (χ3n) is 2.72. The van der Waals surface area contributed by atoms with Crippen LogP contribution in [-0.2, 0) is 14.1 Å². The first-order valence-electron chi connectivity index (χ1n) is 4.87. The van der Waals surface area contributed by atoms with E-state index in [0.717, 1.165) is 4.57 Å². The number of aryl methyl sites for hydroxylation is 1. The fraction of sp³-hybridized carbons (Fsp3) is 0.250.